The van der Waals surface area contributed by atoms with Gasteiger partial charge in [-0.25, -0.2) is 17.6 Å². The maximum atomic E-state index is 14.8. The van der Waals surface area contributed by atoms with E-state index in [-0.39, 0.29) is 23.3 Å². The molecule has 0 aromatic heterocycles. The number of allylic oxidation sites excluding steroid dienone is 1. The molecule has 0 spiro atoms. The minimum absolute atomic E-state index is 0.00160. The number of halogens is 4. The largest absolute Gasteiger partial charge is 0.203 e. The van der Waals surface area contributed by atoms with Crippen molar-refractivity contribution in [2.45, 2.75) is 83.5 Å². The predicted molar refractivity (Wildman–Crippen MR) is 126 cm³/mol. The summed E-state index contributed by atoms with van der Waals surface area (Å²) in [6, 6.07) is 6.87. The zero-order valence-electron chi connectivity index (χ0n) is 19.6. The fourth-order valence-corrected chi connectivity index (χ4v) is 5.65. The topological polar surface area (TPSA) is 0 Å². The molecule has 0 atom stereocenters. The van der Waals surface area contributed by atoms with E-state index in [2.05, 4.69) is 6.92 Å². The van der Waals surface area contributed by atoms with Gasteiger partial charge in [-0.1, -0.05) is 63.1 Å². The van der Waals surface area contributed by atoms with Gasteiger partial charge in [-0.15, -0.1) is 0 Å². The third-order valence-corrected chi connectivity index (χ3v) is 7.93. The molecule has 0 amide bonds. The van der Waals surface area contributed by atoms with E-state index in [0.717, 1.165) is 51.4 Å². The van der Waals surface area contributed by atoms with Crippen LogP contribution in [0.5, 0.6) is 0 Å². The quantitative estimate of drug-likeness (QED) is 0.392. The van der Waals surface area contributed by atoms with Gasteiger partial charge in [0.2, 0.25) is 0 Å². The molecule has 2 aromatic rings. The molecule has 0 aliphatic heterocycles. The van der Waals surface area contributed by atoms with Gasteiger partial charge >= 0.3 is 0 Å². The van der Waals surface area contributed by atoms with Crippen LogP contribution in [0.15, 0.2) is 30.3 Å². The van der Waals surface area contributed by atoms with Crippen LogP contribution in [0.1, 0.15) is 99.3 Å². The highest BCUT2D eigenvalue weighted by molar-refractivity contribution is 5.52. The van der Waals surface area contributed by atoms with Crippen LogP contribution < -0.4 is 0 Å². The van der Waals surface area contributed by atoms with E-state index >= 15 is 0 Å². The predicted octanol–water partition coefficient (Wildman–Crippen LogP) is 9.09. The minimum atomic E-state index is -0.760. The molecule has 2 aliphatic rings. The first kappa shape index (κ1) is 24.0. The molecule has 2 aromatic carbocycles. The van der Waals surface area contributed by atoms with Crippen LogP contribution >= 0.6 is 0 Å². The number of rotatable bonds is 5. The van der Waals surface area contributed by atoms with Crippen molar-refractivity contribution in [3.63, 3.8) is 0 Å². The molecule has 2 aliphatic carbocycles. The average Bonchev–Trinajstić information content (AvgIpc) is 2.83. The lowest BCUT2D eigenvalue weighted by molar-refractivity contribution is 0.339. The Morgan fingerprint density at radius 3 is 1.85 bits per heavy atom. The second kappa shape index (κ2) is 10.4. The summed E-state index contributed by atoms with van der Waals surface area (Å²) < 4.78 is 58.3. The van der Waals surface area contributed by atoms with Crippen LogP contribution in [-0.4, -0.2) is 0 Å². The van der Waals surface area contributed by atoms with Crippen molar-refractivity contribution in [2.75, 3.05) is 0 Å². The smallest absolute Gasteiger partial charge is 0.166 e. The summed E-state index contributed by atoms with van der Waals surface area (Å²) in [4.78, 5) is 0. The minimum Gasteiger partial charge on any atom is -0.203 e. The van der Waals surface area contributed by atoms with Gasteiger partial charge < -0.3 is 0 Å². The standard InChI is InChI=1S/C29H34F4/c1-3-20-14-16-24(28(32)26(20)30)22-11-6-19(7-12-22)8-13-23-15-17-25(29(33)27(23)31)21-9-4-18(2)5-10-21/h8,13-19,21-22H,3-7,9-12H2,1-2H3. The summed E-state index contributed by atoms with van der Waals surface area (Å²) in [5.74, 6) is -1.89. The van der Waals surface area contributed by atoms with Crippen LogP contribution in [0.3, 0.4) is 0 Å². The molecule has 4 heteroatoms. The Bertz CT molecular complexity index is 993. The zero-order chi connectivity index (χ0) is 23.5. The summed E-state index contributed by atoms with van der Waals surface area (Å²) in [6.45, 7) is 4.03. The van der Waals surface area contributed by atoms with Crippen molar-refractivity contribution in [1.29, 1.82) is 0 Å². The molecule has 0 saturated heterocycles. The fourth-order valence-electron chi connectivity index (χ4n) is 5.65. The second-order valence-corrected chi connectivity index (χ2v) is 10.1. The summed E-state index contributed by atoms with van der Waals surface area (Å²) >= 11 is 0. The Balaban J connectivity index is 1.39. The highest BCUT2D eigenvalue weighted by Gasteiger charge is 2.26. The molecule has 0 unspecified atom stereocenters. The van der Waals surface area contributed by atoms with Crippen LogP contribution in [0.25, 0.3) is 6.08 Å². The van der Waals surface area contributed by atoms with Crippen molar-refractivity contribution < 1.29 is 17.6 Å². The van der Waals surface area contributed by atoms with E-state index in [9.17, 15) is 17.6 Å². The van der Waals surface area contributed by atoms with Gasteiger partial charge in [-0.05, 0) is 85.3 Å². The van der Waals surface area contributed by atoms with Gasteiger partial charge in [0.1, 0.15) is 0 Å². The van der Waals surface area contributed by atoms with Gasteiger partial charge in [0.15, 0.2) is 23.3 Å². The van der Waals surface area contributed by atoms with Crippen molar-refractivity contribution in [3.8, 4) is 0 Å². The molecular formula is C29H34F4. The van der Waals surface area contributed by atoms with Crippen LogP contribution in [-0.2, 0) is 6.42 Å². The lowest BCUT2D eigenvalue weighted by Crippen LogP contribution is -2.14. The monoisotopic (exact) mass is 458 g/mol. The Labute approximate surface area is 195 Å². The SMILES string of the molecule is CCc1ccc(C2CCC(C=Cc3ccc(C4CCC(C)CC4)c(F)c3F)CC2)c(F)c1F. The molecule has 2 saturated carbocycles. The maximum Gasteiger partial charge on any atom is 0.166 e. The molecule has 0 bridgehead atoms. The lowest BCUT2D eigenvalue weighted by atomic mass is 9.78. The Morgan fingerprint density at radius 1 is 0.697 bits per heavy atom. The molecule has 4 rings (SSSR count). The first-order valence-electron chi connectivity index (χ1n) is 12.5. The number of benzene rings is 2. The normalized spacial score (nSPS) is 26.1. The Morgan fingerprint density at radius 2 is 1.24 bits per heavy atom. The molecular weight excluding hydrogens is 424 g/mol. The maximum absolute atomic E-state index is 14.8. The highest BCUT2D eigenvalue weighted by Crippen LogP contribution is 2.40. The fraction of sp³-hybridized carbons (Fsp3) is 0.517. The van der Waals surface area contributed by atoms with Gasteiger partial charge in [0.05, 0.1) is 0 Å². The van der Waals surface area contributed by atoms with Crippen LogP contribution in [0, 0.1) is 35.1 Å². The van der Waals surface area contributed by atoms with E-state index in [1.54, 1.807) is 30.3 Å². The van der Waals surface area contributed by atoms with Gasteiger partial charge in [0, 0.05) is 5.56 Å². The number of hydrogen-bond acceptors (Lipinski definition) is 0. The molecule has 0 radical (unpaired) electrons. The summed E-state index contributed by atoms with van der Waals surface area (Å²) in [6.07, 6.45) is 11.2. The van der Waals surface area contributed by atoms with Crippen molar-refractivity contribution in [2.24, 2.45) is 11.8 Å². The summed E-state index contributed by atoms with van der Waals surface area (Å²) in [5, 5.41) is 0. The Kier molecular flexibility index (Phi) is 7.61. The molecule has 2 fully saturated rings. The van der Waals surface area contributed by atoms with Crippen molar-refractivity contribution in [1.82, 2.24) is 0 Å². The van der Waals surface area contributed by atoms with Crippen molar-refractivity contribution in [3.05, 3.63) is 75.9 Å². The number of hydrogen-bond donors (Lipinski definition) is 0. The average molecular weight is 459 g/mol. The zero-order valence-corrected chi connectivity index (χ0v) is 19.6. The van der Waals surface area contributed by atoms with Crippen LogP contribution in [0.2, 0.25) is 0 Å². The Hall–Kier alpha value is -2.10. The lowest BCUT2D eigenvalue weighted by Gasteiger charge is -2.28. The summed E-state index contributed by atoms with van der Waals surface area (Å²) in [5.41, 5.74) is 1.67. The molecule has 178 valence electrons. The molecule has 0 heterocycles. The van der Waals surface area contributed by atoms with E-state index < -0.39 is 23.3 Å². The van der Waals surface area contributed by atoms with E-state index in [4.69, 9.17) is 0 Å². The summed E-state index contributed by atoms with van der Waals surface area (Å²) in [7, 11) is 0. The molecule has 33 heavy (non-hydrogen) atoms. The first-order chi connectivity index (χ1) is 15.9. The molecule has 0 N–H and O–H groups in total. The molecule has 0 nitrogen and oxygen atoms in total. The van der Waals surface area contributed by atoms with Crippen LogP contribution in [0.4, 0.5) is 17.6 Å². The second-order valence-electron chi connectivity index (χ2n) is 10.1. The third-order valence-electron chi connectivity index (χ3n) is 7.93. The van der Waals surface area contributed by atoms with E-state index in [0.29, 0.717) is 29.0 Å². The van der Waals surface area contributed by atoms with Gasteiger partial charge in [-0.2, -0.15) is 0 Å². The van der Waals surface area contributed by atoms with E-state index in [1.807, 2.05) is 13.0 Å². The van der Waals surface area contributed by atoms with Crippen molar-refractivity contribution >= 4 is 6.08 Å². The van der Waals surface area contributed by atoms with E-state index in [1.165, 1.54) is 0 Å². The van der Waals surface area contributed by atoms with Gasteiger partial charge in [0.25, 0.3) is 0 Å². The number of aryl methyl sites for hydroxylation is 1. The first-order valence-corrected chi connectivity index (χ1v) is 12.5. The van der Waals surface area contributed by atoms with Gasteiger partial charge in [-0.3, -0.25) is 0 Å². The third kappa shape index (κ3) is 5.20. The highest BCUT2D eigenvalue weighted by atomic mass is 19.2.